The van der Waals surface area contributed by atoms with Gasteiger partial charge in [0.2, 0.25) is 0 Å². The average Bonchev–Trinajstić information content (AvgIpc) is 3.41. The second-order valence-electron chi connectivity index (χ2n) is 7.80. The zero-order valence-corrected chi connectivity index (χ0v) is 18.1. The predicted octanol–water partition coefficient (Wildman–Crippen LogP) is 4.47. The molecule has 160 valence electrons. The molecule has 7 heteroatoms. The van der Waals surface area contributed by atoms with E-state index in [-0.39, 0.29) is 0 Å². The fourth-order valence-electron chi connectivity index (χ4n) is 4.21. The van der Waals surface area contributed by atoms with Crippen LogP contribution in [0.3, 0.4) is 0 Å². The molecule has 32 heavy (non-hydrogen) atoms. The zero-order valence-electron chi connectivity index (χ0n) is 18.1. The molecule has 1 aromatic carbocycles. The molecule has 0 fully saturated rings. The monoisotopic (exact) mass is 425 g/mol. The first-order valence-electron chi connectivity index (χ1n) is 10.5. The molecule has 0 saturated heterocycles. The summed E-state index contributed by atoms with van der Waals surface area (Å²) >= 11 is 0. The number of hydrogen-bond donors (Lipinski definition) is 2. The van der Waals surface area contributed by atoms with Crippen molar-refractivity contribution in [3.05, 3.63) is 95.2 Å². The summed E-state index contributed by atoms with van der Waals surface area (Å²) in [4.78, 5) is 17.2. The van der Waals surface area contributed by atoms with Crippen molar-refractivity contribution in [2.75, 3.05) is 0 Å². The largest absolute Gasteiger partial charge is 0.373 e. The van der Waals surface area contributed by atoms with Crippen LogP contribution >= 0.6 is 0 Å². The van der Waals surface area contributed by atoms with Gasteiger partial charge in [-0.25, -0.2) is 4.98 Å². The van der Waals surface area contributed by atoms with Crippen LogP contribution in [0.25, 0.3) is 22.2 Å². The molecule has 0 aliphatic carbocycles. The molecular formula is C25H23N5O2. The van der Waals surface area contributed by atoms with Gasteiger partial charge in [0.1, 0.15) is 11.6 Å². The summed E-state index contributed by atoms with van der Waals surface area (Å²) in [7, 11) is 0. The lowest BCUT2D eigenvalue weighted by Crippen LogP contribution is -2.31. The quantitative estimate of drug-likeness (QED) is 0.431. The van der Waals surface area contributed by atoms with Gasteiger partial charge in [0.15, 0.2) is 5.60 Å². The summed E-state index contributed by atoms with van der Waals surface area (Å²) in [5.74, 6) is 1.55. The van der Waals surface area contributed by atoms with Crippen LogP contribution in [-0.4, -0.2) is 30.2 Å². The van der Waals surface area contributed by atoms with Gasteiger partial charge >= 0.3 is 0 Å². The maximum Gasteiger partial charge on any atom is 0.176 e. The van der Waals surface area contributed by atoms with Gasteiger partial charge in [-0.15, -0.1) is 0 Å². The Kier molecular flexibility index (Phi) is 4.83. The highest BCUT2D eigenvalue weighted by Gasteiger charge is 2.39. The zero-order chi connectivity index (χ0) is 22.3. The van der Waals surface area contributed by atoms with Crippen LogP contribution in [0.4, 0.5) is 0 Å². The van der Waals surface area contributed by atoms with E-state index in [1.54, 1.807) is 24.5 Å². The van der Waals surface area contributed by atoms with Gasteiger partial charge in [0, 0.05) is 29.9 Å². The minimum Gasteiger partial charge on any atom is -0.373 e. The molecule has 2 N–H and O–H groups in total. The second kappa shape index (κ2) is 7.69. The number of hydrogen-bond acceptors (Lipinski definition) is 6. The highest BCUT2D eigenvalue weighted by Crippen LogP contribution is 2.41. The van der Waals surface area contributed by atoms with E-state index in [0.717, 1.165) is 34.6 Å². The minimum atomic E-state index is -1.62. The van der Waals surface area contributed by atoms with Crippen molar-refractivity contribution < 1.29 is 9.63 Å². The highest BCUT2D eigenvalue weighted by molar-refractivity contribution is 5.88. The van der Waals surface area contributed by atoms with Crippen LogP contribution in [0.5, 0.6) is 0 Å². The molecule has 5 rings (SSSR count). The number of fused-ring (bicyclic) bond motifs is 1. The SMILES string of the molecule is CCc1nc2c(C(O)(c3ccccn3)c3ccccn3)cc(-c3c(C)noc3C)cc2[nH]1. The van der Waals surface area contributed by atoms with Crippen LogP contribution in [0.1, 0.15) is 41.2 Å². The molecular weight excluding hydrogens is 402 g/mol. The topological polar surface area (TPSA) is 101 Å². The Labute approximate surface area is 185 Å². The third-order valence-corrected chi connectivity index (χ3v) is 5.75. The lowest BCUT2D eigenvalue weighted by atomic mass is 9.83. The van der Waals surface area contributed by atoms with E-state index < -0.39 is 5.60 Å². The summed E-state index contributed by atoms with van der Waals surface area (Å²) in [6.07, 6.45) is 4.07. The van der Waals surface area contributed by atoms with Crippen molar-refractivity contribution in [2.24, 2.45) is 0 Å². The number of aromatic amines is 1. The third-order valence-electron chi connectivity index (χ3n) is 5.75. The Hall–Kier alpha value is -3.84. The molecule has 4 aromatic heterocycles. The molecule has 0 atom stereocenters. The van der Waals surface area contributed by atoms with Crippen LogP contribution in [0.2, 0.25) is 0 Å². The van der Waals surface area contributed by atoms with Gasteiger partial charge < -0.3 is 14.6 Å². The second-order valence-corrected chi connectivity index (χ2v) is 7.80. The maximum atomic E-state index is 12.3. The smallest absolute Gasteiger partial charge is 0.176 e. The van der Waals surface area contributed by atoms with Crippen molar-refractivity contribution in [1.29, 1.82) is 0 Å². The Morgan fingerprint density at radius 1 is 1.00 bits per heavy atom. The Bertz CT molecular complexity index is 1330. The fraction of sp³-hybridized carbons (Fsp3) is 0.200. The van der Waals surface area contributed by atoms with Crippen molar-refractivity contribution in [3.63, 3.8) is 0 Å². The van der Waals surface area contributed by atoms with Crippen molar-refractivity contribution >= 4 is 11.0 Å². The van der Waals surface area contributed by atoms with E-state index >= 15 is 0 Å². The van der Waals surface area contributed by atoms with E-state index in [0.29, 0.717) is 28.2 Å². The Balaban J connectivity index is 1.89. The highest BCUT2D eigenvalue weighted by atomic mass is 16.5. The maximum absolute atomic E-state index is 12.3. The number of H-pyrrole nitrogens is 1. The molecule has 4 heterocycles. The molecule has 5 aromatic rings. The number of aliphatic hydroxyl groups is 1. The number of imidazole rings is 1. The molecule has 0 saturated carbocycles. The van der Waals surface area contributed by atoms with Crippen LogP contribution < -0.4 is 0 Å². The predicted molar refractivity (Wildman–Crippen MR) is 121 cm³/mol. The Morgan fingerprint density at radius 3 is 2.22 bits per heavy atom. The first-order valence-corrected chi connectivity index (χ1v) is 10.5. The minimum absolute atomic E-state index is 0.469. The normalized spacial score (nSPS) is 11.9. The van der Waals surface area contributed by atoms with Crippen LogP contribution in [-0.2, 0) is 12.0 Å². The van der Waals surface area contributed by atoms with Gasteiger partial charge in [0.05, 0.1) is 28.1 Å². The summed E-state index contributed by atoms with van der Waals surface area (Å²) in [5, 5.41) is 16.5. The van der Waals surface area contributed by atoms with Gasteiger partial charge in [-0.2, -0.15) is 0 Å². The standard InChI is InChI=1S/C25H23N5O2/c1-4-22-28-19-14-17(23-15(2)30-32-16(23)3)13-18(24(19)29-22)25(31,20-9-5-7-11-26-20)21-10-6-8-12-27-21/h5-14,31H,4H2,1-3H3,(H,28,29). The first kappa shape index (κ1) is 20.1. The van der Waals surface area contributed by atoms with E-state index in [1.165, 1.54) is 0 Å². The van der Waals surface area contributed by atoms with Gasteiger partial charge in [-0.05, 0) is 55.8 Å². The molecule has 0 unspecified atom stereocenters. The summed E-state index contributed by atoms with van der Waals surface area (Å²) in [5.41, 5.74) is 3.96. The third kappa shape index (κ3) is 3.09. The number of pyridine rings is 2. The van der Waals surface area contributed by atoms with Crippen molar-refractivity contribution in [1.82, 2.24) is 25.1 Å². The molecule has 0 bridgehead atoms. The van der Waals surface area contributed by atoms with E-state index in [9.17, 15) is 5.11 Å². The molecule has 0 radical (unpaired) electrons. The molecule has 0 amide bonds. The fourth-order valence-corrected chi connectivity index (χ4v) is 4.21. The lowest BCUT2D eigenvalue weighted by Gasteiger charge is -2.28. The molecule has 0 aliphatic rings. The number of benzene rings is 1. The number of nitrogens with one attached hydrogen (secondary N) is 1. The first-order chi connectivity index (χ1) is 15.5. The van der Waals surface area contributed by atoms with Crippen LogP contribution in [0, 0.1) is 13.8 Å². The average molecular weight is 425 g/mol. The van der Waals surface area contributed by atoms with E-state index in [1.807, 2.05) is 57.2 Å². The number of aromatic nitrogens is 5. The molecule has 0 aliphatic heterocycles. The van der Waals surface area contributed by atoms with E-state index in [2.05, 4.69) is 20.1 Å². The lowest BCUT2D eigenvalue weighted by molar-refractivity contribution is 0.117. The molecule has 7 nitrogen and oxygen atoms in total. The summed E-state index contributed by atoms with van der Waals surface area (Å²) in [6, 6.07) is 14.9. The molecule has 0 spiro atoms. The number of aryl methyl sites for hydroxylation is 3. The summed E-state index contributed by atoms with van der Waals surface area (Å²) in [6.45, 7) is 5.83. The Morgan fingerprint density at radius 2 is 1.69 bits per heavy atom. The number of nitrogens with zero attached hydrogens (tertiary/aromatic N) is 4. The van der Waals surface area contributed by atoms with Gasteiger partial charge in [-0.3, -0.25) is 9.97 Å². The number of rotatable bonds is 5. The van der Waals surface area contributed by atoms with E-state index in [4.69, 9.17) is 9.51 Å². The van der Waals surface area contributed by atoms with Crippen LogP contribution in [0.15, 0.2) is 65.4 Å². The summed E-state index contributed by atoms with van der Waals surface area (Å²) < 4.78 is 5.42. The van der Waals surface area contributed by atoms with Gasteiger partial charge in [-0.1, -0.05) is 24.2 Å². The van der Waals surface area contributed by atoms with Crippen molar-refractivity contribution in [2.45, 2.75) is 32.8 Å². The van der Waals surface area contributed by atoms with Crippen molar-refractivity contribution in [3.8, 4) is 11.1 Å². The van der Waals surface area contributed by atoms with Gasteiger partial charge in [0.25, 0.3) is 0 Å².